The zero-order chi connectivity index (χ0) is 11.3. The van der Waals surface area contributed by atoms with Crippen molar-refractivity contribution in [3.05, 3.63) is 18.0 Å². The van der Waals surface area contributed by atoms with Crippen molar-refractivity contribution in [2.45, 2.75) is 31.8 Å². The Kier molecular flexibility index (Phi) is 4.30. The lowest BCUT2D eigenvalue weighted by Crippen LogP contribution is -1.98. The fourth-order valence-electron chi connectivity index (χ4n) is 1.39. The van der Waals surface area contributed by atoms with E-state index in [1.165, 1.54) is 0 Å². The molecule has 0 spiro atoms. The predicted molar refractivity (Wildman–Crippen MR) is 54.3 cm³/mol. The number of hydrogen-bond acceptors (Lipinski definition) is 3. The number of aliphatic carboxylic acids is 1. The molecule has 0 aliphatic heterocycles. The quantitative estimate of drug-likeness (QED) is 0.692. The Morgan fingerprint density at radius 2 is 2.33 bits per heavy atom. The van der Waals surface area contributed by atoms with Crippen molar-refractivity contribution in [1.82, 2.24) is 9.78 Å². The number of carboxylic acid groups (broad SMARTS) is 1. The molecular weight excluding hydrogens is 196 g/mol. The van der Waals surface area contributed by atoms with E-state index in [1.54, 1.807) is 24.1 Å². The molecule has 0 fully saturated rings. The molecule has 0 amide bonds. The van der Waals surface area contributed by atoms with Crippen molar-refractivity contribution in [2.75, 3.05) is 0 Å². The smallest absolute Gasteiger partial charge is 0.303 e. The summed E-state index contributed by atoms with van der Waals surface area (Å²) in [5, 5.41) is 22.1. The molecule has 1 atom stereocenters. The van der Waals surface area contributed by atoms with Gasteiger partial charge in [-0.2, -0.15) is 5.10 Å². The van der Waals surface area contributed by atoms with Crippen LogP contribution in [0.2, 0.25) is 0 Å². The third-order valence-electron chi connectivity index (χ3n) is 2.23. The van der Waals surface area contributed by atoms with Gasteiger partial charge < -0.3 is 10.2 Å². The number of nitrogens with zero attached hydrogens (tertiary/aromatic N) is 2. The summed E-state index contributed by atoms with van der Waals surface area (Å²) >= 11 is 0. The van der Waals surface area contributed by atoms with Gasteiger partial charge >= 0.3 is 5.97 Å². The maximum Gasteiger partial charge on any atom is 0.303 e. The Morgan fingerprint density at radius 3 is 2.87 bits per heavy atom. The van der Waals surface area contributed by atoms with E-state index in [2.05, 4.69) is 5.10 Å². The van der Waals surface area contributed by atoms with Crippen LogP contribution < -0.4 is 0 Å². The molecule has 5 heteroatoms. The lowest BCUT2D eigenvalue weighted by atomic mass is 10.1. The summed E-state index contributed by atoms with van der Waals surface area (Å²) in [6, 6.07) is 0. The molecular formula is C10H16N2O3. The fraction of sp³-hybridized carbons (Fsp3) is 0.600. The summed E-state index contributed by atoms with van der Waals surface area (Å²) in [6.45, 7) is 0. The Hall–Kier alpha value is -1.36. The first-order valence-electron chi connectivity index (χ1n) is 4.98. The molecule has 1 unspecified atom stereocenters. The van der Waals surface area contributed by atoms with Crippen molar-refractivity contribution in [2.24, 2.45) is 7.05 Å². The highest BCUT2D eigenvalue weighted by atomic mass is 16.4. The van der Waals surface area contributed by atoms with Gasteiger partial charge in [-0.15, -0.1) is 0 Å². The topological polar surface area (TPSA) is 75.4 Å². The van der Waals surface area contributed by atoms with Gasteiger partial charge in [-0.25, -0.2) is 0 Å². The minimum Gasteiger partial charge on any atom is -0.481 e. The Morgan fingerprint density at radius 1 is 1.60 bits per heavy atom. The van der Waals surface area contributed by atoms with E-state index in [9.17, 15) is 9.90 Å². The first-order chi connectivity index (χ1) is 7.09. The van der Waals surface area contributed by atoms with Crippen molar-refractivity contribution in [3.63, 3.8) is 0 Å². The van der Waals surface area contributed by atoms with Gasteiger partial charge in [-0.3, -0.25) is 9.48 Å². The summed E-state index contributed by atoms with van der Waals surface area (Å²) < 4.78 is 1.63. The summed E-state index contributed by atoms with van der Waals surface area (Å²) in [4.78, 5) is 10.2. The SMILES string of the molecule is Cn1cc(C(O)CCCCC(=O)O)cn1. The van der Waals surface area contributed by atoms with Gasteiger partial charge in [0.1, 0.15) is 0 Å². The molecule has 2 N–H and O–H groups in total. The first-order valence-corrected chi connectivity index (χ1v) is 4.98. The lowest BCUT2D eigenvalue weighted by Gasteiger charge is -2.06. The van der Waals surface area contributed by atoms with Crippen molar-refractivity contribution in [1.29, 1.82) is 0 Å². The maximum absolute atomic E-state index is 10.2. The molecule has 84 valence electrons. The fourth-order valence-corrected chi connectivity index (χ4v) is 1.39. The van der Waals surface area contributed by atoms with Crippen molar-refractivity contribution < 1.29 is 15.0 Å². The average molecular weight is 212 g/mol. The van der Waals surface area contributed by atoms with Crippen LogP contribution in [0.25, 0.3) is 0 Å². The first kappa shape index (κ1) is 11.7. The molecule has 0 saturated carbocycles. The second-order valence-corrected chi connectivity index (χ2v) is 3.60. The Balaban J connectivity index is 2.24. The van der Waals surface area contributed by atoms with Gasteiger partial charge in [0, 0.05) is 25.2 Å². The predicted octanol–water partition coefficient (Wildman–Crippen LogP) is 1.10. The Bertz CT molecular complexity index is 322. The summed E-state index contributed by atoms with van der Waals surface area (Å²) in [7, 11) is 1.79. The molecule has 1 rings (SSSR count). The summed E-state index contributed by atoms with van der Waals surface area (Å²) in [5.41, 5.74) is 0.785. The molecule has 1 aromatic heterocycles. The van der Waals surface area contributed by atoms with Crippen LogP contribution in [0.4, 0.5) is 0 Å². The monoisotopic (exact) mass is 212 g/mol. The van der Waals surface area contributed by atoms with Crippen LogP contribution in [-0.4, -0.2) is 26.0 Å². The van der Waals surface area contributed by atoms with Crippen LogP contribution in [0.1, 0.15) is 37.4 Å². The summed E-state index contributed by atoms with van der Waals surface area (Å²) in [5.74, 6) is -0.786. The normalized spacial score (nSPS) is 12.7. The van der Waals surface area contributed by atoms with Crippen LogP contribution >= 0.6 is 0 Å². The number of unbranched alkanes of at least 4 members (excludes halogenated alkanes) is 1. The number of aryl methyl sites for hydroxylation is 1. The maximum atomic E-state index is 10.2. The molecule has 1 heterocycles. The van der Waals surface area contributed by atoms with Gasteiger partial charge in [0.25, 0.3) is 0 Å². The van der Waals surface area contributed by atoms with Crippen molar-refractivity contribution >= 4 is 5.97 Å². The highest BCUT2D eigenvalue weighted by Gasteiger charge is 2.09. The molecule has 0 bridgehead atoms. The van der Waals surface area contributed by atoms with Gasteiger partial charge in [0.15, 0.2) is 0 Å². The molecule has 0 aromatic carbocycles. The number of aliphatic hydroxyl groups excluding tert-OH is 1. The number of hydrogen-bond donors (Lipinski definition) is 2. The van der Waals surface area contributed by atoms with Crippen LogP contribution in [0.5, 0.6) is 0 Å². The second-order valence-electron chi connectivity index (χ2n) is 3.60. The minimum atomic E-state index is -0.786. The number of aromatic nitrogens is 2. The number of rotatable bonds is 6. The number of aliphatic hydroxyl groups is 1. The number of carboxylic acids is 1. The molecule has 0 aliphatic carbocycles. The molecule has 5 nitrogen and oxygen atoms in total. The number of carbonyl (C=O) groups is 1. The lowest BCUT2D eigenvalue weighted by molar-refractivity contribution is -0.137. The molecule has 15 heavy (non-hydrogen) atoms. The van der Waals surface area contributed by atoms with E-state index in [0.717, 1.165) is 5.56 Å². The standard InChI is InChI=1S/C10H16N2O3/c1-12-7-8(6-11-12)9(13)4-2-3-5-10(14)15/h6-7,9,13H,2-5H2,1H3,(H,14,15). The van der Waals surface area contributed by atoms with Gasteiger partial charge in [0.05, 0.1) is 12.3 Å². The zero-order valence-electron chi connectivity index (χ0n) is 8.76. The highest BCUT2D eigenvalue weighted by Crippen LogP contribution is 2.18. The van der Waals surface area contributed by atoms with Crippen LogP contribution in [-0.2, 0) is 11.8 Å². The second kappa shape index (κ2) is 5.50. The molecule has 0 saturated heterocycles. The van der Waals surface area contributed by atoms with E-state index in [0.29, 0.717) is 19.3 Å². The highest BCUT2D eigenvalue weighted by molar-refractivity contribution is 5.66. The van der Waals surface area contributed by atoms with E-state index < -0.39 is 12.1 Å². The Labute approximate surface area is 88.3 Å². The van der Waals surface area contributed by atoms with Crippen LogP contribution in [0, 0.1) is 0 Å². The third kappa shape index (κ3) is 4.12. The average Bonchev–Trinajstić information content (AvgIpc) is 2.59. The molecule has 0 radical (unpaired) electrons. The van der Waals surface area contributed by atoms with Gasteiger partial charge in [0.2, 0.25) is 0 Å². The van der Waals surface area contributed by atoms with E-state index in [4.69, 9.17) is 5.11 Å². The summed E-state index contributed by atoms with van der Waals surface area (Å²) in [6.07, 6.45) is 4.92. The van der Waals surface area contributed by atoms with E-state index in [-0.39, 0.29) is 6.42 Å². The van der Waals surface area contributed by atoms with Gasteiger partial charge in [-0.05, 0) is 19.3 Å². The largest absolute Gasteiger partial charge is 0.481 e. The van der Waals surface area contributed by atoms with Crippen LogP contribution in [0.3, 0.4) is 0 Å². The van der Waals surface area contributed by atoms with Crippen LogP contribution in [0.15, 0.2) is 12.4 Å². The minimum absolute atomic E-state index is 0.166. The van der Waals surface area contributed by atoms with E-state index >= 15 is 0 Å². The van der Waals surface area contributed by atoms with Crippen molar-refractivity contribution in [3.8, 4) is 0 Å². The third-order valence-corrected chi connectivity index (χ3v) is 2.23. The van der Waals surface area contributed by atoms with E-state index in [1.807, 2.05) is 0 Å². The molecule has 0 aliphatic rings. The zero-order valence-corrected chi connectivity index (χ0v) is 8.76. The molecule has 1 aromatic rings. The van der Waals surface area contributed by atoms with Gasteiger partial charge in [-0.1, -0.05) is 0 Å².